The monoisotopic (exact) mass is 613 g/mol. The molecule has 0 saturated heterocycles. The molecule has 2 aromatic carbocycles. The van der Waals surface area contributed by atoms with Gasteiger partial charge in [-0.3, -0.25) is 9.78 Å². The number of amides is 1. The molecule has 0 radical (unpaired) electrons. The molecule has 12 heteroatoms. The van der Waals surface area contributed by atoms with E-state index in [4.69, 9.17) is 9.84 Å². The average Bonchev–Trinajstić information content (AvgIpc) is 2.93. The molecule has 0 spiro atoms. The zero-order chi connectivity index (χ0) is 27.4. The number of nitrogens with one attached hydrogen (secondary N) is 2. The van der Waals surface area contributed by atoms with E-state index in [0.717, 1.165) is 35.1 Å². The Kier molecular flexibility index (Phi) is 15.8. The van der Waals surface area contributed by atoms with Gasteiger partial charge in [-0.05, 0) is 60.7 Å². The van der Waals surface area contributed by atoms with E-state index in [-0.39, 0.29) is 49.2 Å². The van der Waals surface area contributed by atoms with Gasteiger partial charge in [0.25, 0.3) is 5.91 Å². The summed E-state index contributed by atoms with van der Waals surface area (Å²) in [6.45, 7) is 3.18. The largest absolute Gasteiger partial charge is 0.493 e. The van der Waals surface area contributed by atoms with E-state index < -0.39 is 22.0 Å². The minimum absolute atomic E-state index is 0. The van der Waals surface area contributed by atoms with Gasteiger partial charge in [-0.2, -0.15) is 0 Å². The van der Waals surface area contributed by atoms with Crippen LogP contribution in [0.25, 0.3) is 11.1 Å². The molecule has 0 bridgehead atoms. The number of ether oxygens (including phenoxy) is 1. The number of aliphatic hydroxyl groups is 2. The van der Waals surface area contributed by atoms with Crippen LogP contribution in [0, 0.1) is 0 Å². The van der Waals surface area contributed by atoms with Crippen molar-refractivity contribution in [2.75, 3.05) is 32.1 Å². The predicted octanol–water partition coefficient (Wildman–Crippen LogP) is 3.69. The molecule has 40 heavy (non-hydrogen) atoms. The zero-order valence-corrected chi connectivity index (χ0v) is 24.7. The van der Waals surface area contributed by atoms with Gasteiger partial charge in [-0.25, -0.2) is 13.1 Å². The fourth-order valence-electron chi connectivity index (χ4n) is 3.75. The molecule has 0 aliphatic heterocycles. The number of benzene rings is 2. The number of carbonyl (C=O) groups excluding carboxylic acids is 1. The summed E-state index contributed by atoms with van der Waals surface area (Å²) in [5.41, 5.74) is 3.80. The molecular weight excluding hydrogens is 577 g/mol. The smallest absolute Gasteiger partial charge is 0.268 e. The van der Waals surface area contributed by atoms with E-state index in [9.17, 15) is 18.3 Å². The summed E-state index contributed by atoms with van der Waals surface area (Å²) in [5, 5.41) is 22.4. The SMILES string of the molecule is CCCOc1cc(-c2ccc(CCNC[C@@H](O)c3cccnc3)cc2)ccc1C(=O)NS(=O)(=O)CCCO.Cl.Cl. The van der Waals surface area contributed by atoms with E-state index in [1.807, 2.05) is 42.0 Å². The lowest BCUT2D eigenvalue weighted by molar-refractivity contribution is 0.0977. The molecule has 1 heterocycles. The molecule has 3 rings (SSSR count). The first-order chi connectivity index (χ1) is 18.3. The molecule has 1 amide bonds. The van der Waals surface area contributed by atoms with Crippen LogP contribution in [0.4, 0.5) is 0 Å². The molecule has 0 saturated carbocycles. The Morgan fingerprint density at radius 3 is 2.45 bits per heavy atom. The highest BCUT2D eigenvalue weighted by Gasteiger charge is 2.20. The van der Waals surface area contributed by atoms with E-state index in [1.165, 1.54) is 0 Å². The van der Waals surface area contributed by atoms with E-state index in [0.29, 0.717) is 25.4 Å². The van der Waals surface area contributed by atoms with E-state index in [2.05, 4.69) is 10.3 Å². The molecule has 1 aromatic heterocycles. The Morgan fingerprint density at radius 1 is 1.07 bits per heavy atom. The van der Waals surface area contributed by atoms with Crippen molar-refractivity contribution in [2.24, 2.45) is 0 Å². The molecule has 0 aliphatic rings. The highest BCUT2D eigenvalue weighted by Crippen LogP contribution is 2.28. The van der Waals surface area contributed by atoms with Crippen LogP contribution in [-0.2, 0) is 16.4 Å². The normalized spacial score (nSPS) is 11.6. The van der Waals surface area contributed by atoms with Crippen molar-refractivity contribution in [3.8, 4) is 16.9 Å². The third-order valence-electron chi connectivity index (χ3n) is 5.79. The second-order valence-electron chi connectivity index (χ2n) is 8.84. The van der Waals surface area contributed by atoms with Crippen LogP contribution in [0.3, 0.4) is 0 Å². The van der Waals surface area contributed by atoms with Crippen molar-refractivity contribution in [3.05, 3.63) is 83.7 Å². The lowest BCUT2D eigenvalue weighted by Gasteiger charge is -2.14. The highest BCUT2D eigenvalue weighted by molar-refractivity contribution is 7.90. The molecule has 4 N–H and O–H groups in total. The van der Waals surface area contributed by atoms with Crippen LogP contribution >= 0.6 is 24.8 Å². The zero-order valence-electron chi connectivity index (χ0n) is 22.3. The Labute approximate surface area is 248 Å². The van der Waals surface area contributed by atoms with Gasteiger partial charge in [0.05, 0.1) is 24.0 Å². The standard InChI is InChI=1S/C28H35N3O6S.2ClH/c1-2-16-37-27-18-23(10-11-25(27)28(34)31-38(35,36)17-4-15-32)22-8-6-21(7-9-22)12-14-30-20-26(33)24-5-3-13-29-19-24;;/h3,5-11,13,18-19,26,30,32-33H,2,4,12,14-17,20H2,1H3,(H,31,34);2*1H/t26-;;/m1../s1. The summed E-state index contributed by atoms with van der Waals surface area (Å²) in [6.07, 6.45) is 4.27. The topological polar surface area (TPSA) is 138 Å². The molecule has 0 fully saturated rings. The lowest BCUT2D eigenvalue weighted by Crippen LogP contribution is -2.33. The number of rotatable bonds is 15. The quantitative estimate of drug-likeness (QED) is 0.190. The Hall–Kier alpha value is -2.73. The number of aromatic nitrogens is 1. The van der Waals surface area contributed by atoms with E-state index in [1.54, 1.807) is 36.7 Å². The summed E-state index contributed by atoms with van der Waals surface area (Å²) in [5.74, 6) is -0.803. The number of pyridine rings is 1. The summed E-state index contributed by atoms with van der Waals surface area (Å²) >= 11 is 0. The van der Waals surface area contributed by atoms with Crippen LogP contribution in [0.15, 0.2) is 67.0 Å². The Morgan fingerprint density at radius 2 is 1.80 bits per heavy atom. The Bertz CT molecular complexity index is 1280. The lowest BCUT2D eigenvalue weighted by atomic mass is 10.0. The van der Waals surface area contributed by atoms with Crippen molar-refractivity contribution in [2.45, 2.75) is 32.3 Å². The van der Waals surface area contributed by atoms with Crippen LogP contribution in [-0.4, -0.2) is 61.6 Å². The second kappa shape index (κ2) is 17.9. The van der Waals surface area contributed by atoms with Gasteiger partial charge in [-0.1, -0.05) is 43.3 Å². The first-order valence-electron chi connectivity index (χ1n) is 12.6. The fourth-order valence-corrected chi connectivity index (χ4v) is 4.75. The number of nitrogens with zero attached hydrogens (tertiary/aromatic N) is 1. The maximum atomic E-state index is 12.7. The van der Waals surface area contributed by atoms with Crippen LogP contribution in [0.5, 0.6) is 5.75 Å². The molecule has 1 atom stereocenters. The third-order valence-corrected chi connectivity index (χ3v) is 7.11. The van der Waals surface area contributed by atoms with Gasteiger partial charge in [0.15, 0.2) is 0 Å². The third kappa shape index (κ3) is 11.0. The number of aliphatic hydroxyl groups excluding tert-OH is 2. The summed E-state index contributed by atoms with van der Waals surface area (Å²) in [7, 11) is -3.86. The van der Waals surface area contributed by atoms with Gasteiger partial charge in [0.1, 0.15) is 5.75 Å². The molecule has 3 aromatic rings. The van der Waals surface area contributed by atoms with Crippen molar-refractivity contribution in [1.82, 2.24) is 15.0 Å². The van der Waals surface area contributed by atoms with Crippen molar-refractivity contribution >= 4 is 40.7 Å². The van der Waals surface area contributed by atoms with Crippen LogP contribution < -0.4 is 14.8 Å². The van der Waals surface area contributed by atoms with Crippen molar-refractivity contribution in [3.63, 3.8) is 0 Å². The number of halogens is 2. The van der Waals surface area contributed by atoms with Crippen LogP contribution in [0.2, 0.25) is 0 Å². The Balaban J connectivity index is 0.00000400. The molecule has 0 unspecified atom stereocenters. The summed E-state index contributed by atoms with van der Waals surface area (Å²) in [6, 6.07) is 16.7. The van der Waals surface area contributed by atoms with Gasteiger partial charge >= 0.3 is 0 Å². The maximum Gasteiger partial charge on any atom is 0.268 e. The number of hydrogen-bond donors (Lipinski definition) is 4. The minimum atomic E-state index is -3.86. The fraction of sp³-hybridized carbons (Fsp3) is 0.357. The van der Waals surface area contributed by atoms with Crippen molar-refractivity contribution < 1.29 is 28.2 Å². The first-order valence-corrected chi connectivity index (χ1v) is 14.3. The van der Waals surface area contributed by atoms with Crippen LogP contribution in [0.1, 0.15) is 47.4 Å². The number of hydrogen-bond acceptors (Lipinski definition) is 8. The summed E-state index contributed by atoms with van der Waals surface area (Å²) < 4.78 is 32.0. The second-order valence-corrected chi connectivity index (χ2v) is 10.7. The highest BCUT2D eigenvalue weighted by atomic mass is 35.5. The summed E-state index contributed by atoms with van der Waals surface area (Å²) in [4.78, 5) is 16.7. The number of carbonyl (C=O) groups is 1. The van der Waals surface area contributed by atoms with Gasteiger partial charge < -0.3 is 20.3 Å². The average molecular weight is 615 g/mol. The van der Waals surface area contributed by atoms with Gasteiger partial charge in [-0.15, -0.1) is 24.8 Å². The first kappa shape index (κ1) is 35.3. The maximum absolute atomic E-state index is 12.7. The minimum Gasteiger partial charge on any atom is -0.493 e. The van der Waals surface area contributed by atoms with Gasteiger partial charge in [0.2, 0.25) is 10.0 Å². The predicted molar refractivity (Wildman–Crippen MR) is 161 cm³/mol. The van der Waals surface area contributed by atoms with Crippen molar-refractivity contribution in [1.29, 1.82) is 0 Å². The molecule has 220 valence electrons. The molecular formula is C28H37Cl2N3O6S. The molecule has 9 nitrogen and oxygen atoms in total. The van der Waals surface area contributed by atoms with Gasteiger partial charge in [0, 0.05) is 31.1 Å². The van der Waals surface area contributed by atoms with E-state index >= 15 is 0 Å². The number of sulfonamides is 1. The molecule has 0 aliphatic carbocycles.